The van der Waals surface area contributed by atoms with Crippen LogP contribution in [0, 0.1) is 6.92 Å². The van der Waals surface area contributed by atoms with Crippen molar-refractivity contribution in [2.75, 3.05) is 0 Å². The van der Waals surface area contributed by atoms with E-state index in [1.807, 2.05) is 37.4 Å². The van der Waals surface area contributed by atoms with Crippen molar-refractivity contribution in [3.05, 3.63) is 89.3 Å². The number of nitrogens with zero attached hydrogens (tertiary/aromatic N) is 5. The third-order valence-corrected chi connectivity index (χ3v) is 6.57. The first-order chi connectivity index (χ1) is 16.2. The van der Waals surface area contributed by atoms with Crippen molar-refractivity contribution >= 4 is 5.65 Å². The zero-order chi connectivity index (χ0) is 22.2. The summed E-state index contributed by atoms with van der Waals surface area (Å²) in [7, 11) is 0. The van der Waals surface area contributed by atoms with E-state index in [1.165, 1.54) is 36.8 Å². The Kier molecular flexibility index (Phi) is 4.98. The van der Waals surface area contributed by atoms with Gasteiger partial charge in [-0.2, -0.15) is 5.10 Å². The summed E-state index contributed by atoms with van der Waals surface area (Å²) in [5, 5.41) is 4.30. The third-order valence-electron chi connectivity index (χ3n) is 6.57. The highest BCUT2D eigenvalue weighted by Crippen LogP contribution is 2.30. The van der Waals surface area contributed by atoms with Crippen LogP contribution >= 0.6 is 0 Å². The van der Waals surface area contributed by atoms with Crippen LogP contribution in [-0.4, -0.2) is 29.5 Å². The van der Waals surface area contributed by atoms with Gasteiger partial charge >= 0.3 is 0 Å². The highest BCUT2D eigenvalue weighted by Gasteiger charge is 2.18. The van der Waals surface area contributed by atoms with Crippen LogP contribution in [-0.2, 0) is 25.7 Å². The fraction of sp³-hybridized carbons (Fsp3) is 0.259. The van der Waals surface area contributed by atoms with Crippen molar-refractivity contribution in [3.8, 4) is 22.6 Å². The van der Waals surface area contributed by atoms with E-state index in [-0.39, 0.29) is 0 Å². The van der Waals surface area contributed by atoms with E-state index in [0.29, 0.717) is 0 Å². The highest BCUT2D eigenvalue weighted by molar-refractivity contribution is 5.77. The predicted molar refractivity (Wildman–Crippen MR) is 129 cm³/mol. The van der Waals surface area contributed by atoms with Crippen LogP contribution in [0.1, 0.15) is 41.1 Å². The molecule has 33 heavy (non-hydrogen) atoms. The molecule has 0 unspecified atom stereocenters. The number of nitrogens with one attached hydrogen (secondary N) is 1. The molecule has 6 nitrogen and oxygen atoms in total. The van der Waals surface area contributed by atoms with Gasteiger partial charge in [-0.05, 0) is 80.0 Å². The summed E-state index contributed by atoms with van der Waals surface area (Å²) in [5.41, 5.74) is 10.1. The predicted octanol–water partition coefficient (Wildman–Crippen LogP) is 5.15. The monoisotopic (exact) mass is 434 g/mol. The van der Waals surface area contributed by atoms with Gasteiger partial charge < -0.3 is 4.98 Å². The second-order valence-corrected chi connectivity index (χ2v) is 8.81. The van der Waals surface area contributed by atoms with Gasteiger partial charge in [0, 0.05) is 23.9 Å². The number of aromatic amines is 1. The van der Waals surface area contributed by atoms with Crippen LogP contribution in [0.4, 0.5) is 0 Å². The zero-order valence-electron chi connectivity index (χ0n) is 18.8. The van der Waals surface area contributed by atoms with E-state index in [1.54, 1.807) is 16.4 Å². The van der Waals surface area contributed by atoms with Crippen LogP contribution in [0.3, 0.4) is 0 Å². The summed E-state index contributed by atoms with van der Waals surface area (Å²) in [5.74, 6) is 0.982. The summed E-state index contributed by atoms with van der Waals surface area (Å²) in [6.45, 7) is 2.01. The SMILES string of the molecule is Cc1cccc(-c2[nH]c(CCc3cccc4c3CCCC4)nc2-c2ccc3ncnn3c2)n1. The van der Waals surface area contributed by atoms with E-state index < -0.39 is 0 Å². The summed E-state index contributed by atoms with van der Waals surface area (Å²) in [6.07, 6.45) is 10.4. The van der Waals surface area contributed by atoms with Crippen molar-refractivity contribution in [2.45, 2.75) is 45.4 Å². The van der Waals surface area contributed by atoms with E-state index in [4.69, 9.17) is 9.97 Å². The average molecular weight is 435 g/mol. The summed E-state index contributed by atoms with van der Waals surface area (Å²) >= 11 is 0. The van der Waals surface area contributed by atoms with Gasteiger partial charge in [0.15, 0.2) is 5.65 Å². The maximum absolute atomic E-state index is 5.05. The number of benzene rings is 1. The van der Waals surface area contributed by atoms with Gasteiger partial charge in [0.2, 0.25) is 0 Å². The van der Waals surface area contributed by atoms with Gasteiger partial charge in [0.05, 0.1) is 17.1 Å². The molecule has 4 aromatic heterocycles. The Balaban J connectivity index is 1.38. The number of aromatic nitrogens is 6. The lowest BCUT2D eigenvalue weighted by Crippen LogP contribution is -2.07. The summed E-state index contributed by atoms with van der Waals surface area (Å²) in [4.78, 5) is 17.7. The summed E-state index contributed by atoms with van der Waals surface area (Å²) < 4.78 is 1.79. The van der Waals surface area contributed by atoms with Crippen LogP contribution < -0.4 is 0 Å². The number of H-pyrrole nitrogens is 1. The fourth-order valence-electron chi connectivity index (χ4n) is 4.92. The lowest BCUT2D eigenvalue weighted by atomic mass is 9.87. The second-order valence-electron chi connectivity index (χ2n) is 8.81. The Bertz CT molecular complexity index is 1440. The first kappa shape index (κ1) is 19.9. The minimum Gasteiger partial charge on any atom is -0.340 e. The molecule has 6 heteroatoms. The molecule has 1 aliphatic carbocycles. The van der Waals surface area contributed by atoms with Gasteiger partial charge in [-0.3, -0.25) is 4.98 Å². The molecule has 1 aliphatic rings. The minimum atomic E-state index is 0.818. The van der Waals surface area contributed by atoms with Gasteiger partial charge in [-0.25, -0.2) is 14.5 Å². The van der Waals surface area contributed by atoms with Crippen molar-refractivity contribution in [3.63, 3.8) is 0 Å². The van der Waals surface area contributed by atoms with E-state index in [0.717, 1.165) is 52.7 Å². The van der Waals surface area contributed by atoms with Gasteiger partial charge in [-0.1, -0.05) is 24.3 Å². The molecule has 0 saturated carbocycles. The Morgan fingerprint density at radius 1 is 0.939 bits per heavy atom. The van der Waals surface area contributed by atoms with E-state index in [2.05, 4.69) is 39.3 Å². The maximum atomic E-state index is 5.05. The van der Waals surface area contributed by atoms with Gasteiger partial charge in [0.25, 0.3) is 0 Å². The zero-order valence-corrected chi connectivity index (χ0v) is 18.8. The van der Waals surface area contributed by atoms with E-state index >= 15 is 0 Å². The Hall–Kier alpha value is -3.80. The molecule has 1 aromatic carbocycles. The molecule has 0 radical (unpaired) electrons. The Labute approximate surface area is 192 Å². The fourth-order valence-corrected chi connectivity index (χ4v) is 4.92. The highest BCUT2D eigenvalue weighted by atomic mass is 15.3. The largest absolute Gasteiger partial charge is 0.340 e. The maximum Gasteiger partial charge on any atom is 0.155 e. The number of aryl methyl sites for hydroxylation is 4. The number of imidazole rings is 1. The average Bonchev–Trinajstić information content (AvgIpc) is 3.49. The molecule has 1 N–H and O–H groups in total. The molecule has 0 amide bonds. The molecule has 5 aromatic rings. The van der Waals surface area contributed by atoms with Crippen molar-refractivity contribution in [1.29, 1.82) is 0 Å². The molecule has 6 rings (SSSR count). The molecule has 0 aliphatic heterocycles. The molecule has 0 bridgehead atoms. The Morgan fingerprint density at radius 2 is 1.85 bits per heavy atom. The smallest absolute Gasteiger partial charge is 0.155 e. The molecule has 0 spiro atoms. The molecule has 0 saturated heterocycles. The summed E-state index contributed by atoms with van der Waals surface area (Å²) in [6, 6.07) is 16.9. The number of hydrogen-bond donors (Lipinski definition) is 1. The quantitative estimate of drug-likeness (QED) is 0.415. The third kappa shape index (κ3) is 3.82. The van der Waals surface area contributed by atoms with Crippen LogP contribution in [0.25, 0.3) is 28.3 Å². The van der Waals surface area contributed by atoms with Gasteiger partial charge in [-0.15, -0.1) is 0 Å². The number of hydrogen-bond acceptors (Lipinski definition) is 4. The number of pyridine rings is 2. The number of fused-ring (bicyclic) bond motifs is 2. The molecule has 0 atom stereocenters. The van der Waals surface area contributed by atoms with Crippen molar-refractivity contribution < 1.29 is 0 Å². The molecule has 4 heterocycles. The van der Waals surface area contributed by atoms with Gasteiger partial charge in [0.1, 0.15) is 12.2 Å². The van der Waals surface area contributed by atoms with Crippen molar-refractivity contribution in [1.82, 2.24) is 29.5 Å². The molecule has 0 fully saturated rings. The normalized spacial score (nSPS) is 13.4. The van der Waals surface area contributed by atoms with E-state index in [9.17, 15) is 0 Å². The molecule has 164 valence electrons. The topological polar surface area (TPSA) is 71.8 Å². The molecular formula is C27H26N6. The first-order valence-electron chi connectivity index (χ1n) is 11.7. The van der Waals surface area contributed by atoms with Crippen molar-refractivity contribution in [2.24, 2.45) is 0 Å². The minimum absolute atomic E-state index is 0.818. The molecular weight excluding hydrogens is 408 g/mol. The second kappa shape index (κ2) is 8.28. The first-order valence-corrected chi connectivity index (χ1v) is 11.7. The standard InChI is InChI=1S/C27H26N6/c1-18-6-4-11-23(30-18)27-26(21-13-15-25-28-17-29-33(25)16-21)31-24(32-27)14-12-20-9-5-8-19-7-2-3-10-22(19)20/h4-6,8-9,11,13,15-17H,2-3,7,10,12,14H2,1H3,(H,31,32). The number of rotatable bonds is 5. The lowest BCUT2D eigenvalue weighted by Gasteiger charge is -2.19. The lowest BCUT2D eigenvalue weighted by molar-refractivity contribution is 0.676. The van der Waals surface area contributed by atoms with Crippen LogP contribution in [0.15, 0.2) is 61.1 Å². The van der Waals surface area contributed by atoms with Crippen LogP contribution in [0.2, 0.25) is 0 Å². The van der Waals surface area contributed by atoms with Crippen LogP contribution in [0.5, 0.6) is 0 Å². The Morgan fingerprint density at radius 3 is 2.79 bits per heavy atom.